The molecule has 2 nitrogen and oxygen atoms in total. The van der Waals surface area contributed by atoms with Crippen molar-refractivity contribution in [3.63, 3.8) is 0 Å². The van der Waals surface area contributed by atoms with Crippen LogP contribution in [0.15, 0.2) is 0 Å². The van der Waals surface area contributed by atoms with Gasteiger partial charge in [0.25, 0.3) is 0 Å². The number of hydrogen-bond donors (Lipinski definition) is 1. The van der Waals surface area contributed by atoms with Gasteiger partial charge in [-0.2, -0.15) is 0 Å². The van der Waals surface area contributed by atoms with Crippen molar-refractivity contribution in [3.8, 4) is 0 Å². The lowest BCUT2D eigenvalue weighted by Gasteiger charge is -2.39. The fourth-order valence-electron chi connectivity index (χ4n) is 3.82. The fourth-order valence-corrected chi connectivity index (χ4v) is 3.82. The van der Waals surface area contributed by atoms with Gasteiger partial charge < -0.3 is 10.0 Å². The van der Waals surface area contributed by atoms with E-state index in [0.717, 1.165) is 31.2 Å². The summed E-state index contributed by atoms with van der Waals surface area (Å²) in [5.74, 6) is 0.786. The average Bonchev–Trinajstić information content (AvgIpc) is 2.30. The summed E-state index contributed by atoms with van der Waals surface area (Å²) in [4.78, 5) is 2.37. The van der Waals surface area contributed by atoms with Crippen molar-refractivity contribution >= 4 is 0 Å². The van der Waals surface area contributed by atoms with Crippen LogP contribution in [0, 0.1) is 5.92 Å². The third-order valence-electron chi connectivity index (χ3n) is 5.00. The maximum absolute atomic E-state index is 10.6. The quantitative estimate of drug-likeness (QED) is 0.817. The van der Waals surface area contributed by atoms with Gasteiger partial charge in [-0.05, 0) is 65.0 Å². The van der Waals surface area contributed by atoms with E-state index in [1.165, 1.54) is 44.9 Å². The summed E-state index contributed by atoms with van der Waals surface area (Å²) in [6.07, 6.45) is 12.3. The Bertz CT molecular complexity index is 225. The van der Waals surface area contributed by atoms with Crippen LogP contribution in [0.25, 0.3) is 0 Å². The van der Waals surface area contributed by atoms with Crippen LogP contribution in [0.4, 0.5) is 0 Å². The molecule has 0 bridgehead atoms. The van der Waals surface area contributed by atoms with Crippen LogP contribution in [0.2, 0.25) is 0 Å². The summed E-state index contributed by atoms with van der Waals surface area (Å²) in [6.45, 7) is 0. The Hall–Kier alpha value is -0.0800. The second-order valence-corrected chi connectivity index (χ2v) is 6.63. The van der Waals surface area contributed by atoms with E-state index in [9.17, 15) is 5.11 Å². The van der Waals surface area contributed by atoms with Gasteiger partial charge in [-0.25, -0.2) is 0 Å². The van der Waals surface area contributed by atoms with Crippen molar-refractivity contribution in [3.05, 3.63) is 0 Å². The lowest BCUT2D eigenvalue weighted by atomic mass is 9.74. The van der Waals surface area contributed by atoms with Gasteiger partial charge in [-0.15, -0.1) is 0 Å². The highest BCUT2D eigenvalue weighted by molar-refractivity contribution is 4.87. The summed E-state index contributed by atoms with van der Waals surface area (Å²) in [5, 5.41) is 10.6. The summed E-state index contributed by atoms with van der Waals surface area (Å²) in [6, 6.07) is 0.784. The Labute approximate surface area is 106 Å². The first kappa shape index (κ1) is 13.4. The van der Waals surface area contributed by atoms with Gasteiger partial charge in [-0.3, -0.25) is 0 Å². The molecule has 0 aliphatic heterocycles. The predicted octanol–water partition coefficient (Wildman–Crippen LogP) is 3.19. The van der Waals surface area contributed by atoms with Crippen molar-refractivity contribution in [2.24, 2.45) is 5.92 Å². The van der Waals surface area contributed by atoms with E-state index in [2.05, 4.69) is 19.0 Å². The fraction of sp³-hybridized carbons (Fsp3) is 1.00. The highest BCUT2D eigenvalue weighted by atomic mass is 16.3. The van der Waals surface area contributed by atoms with Gasteiger partial charge in [0.05, 0.1) is 5.60 Å². The van der Waals surface area contributed by atoms with Crippen LogP contribution < -0.4 is 0 Å². The summed E-state index contributed by atoms with van der Waals surface area (Å²) in [7, 11) is 4.39. The molecule has 2 rings (SSSR count). The second kappa shape index (κ2) is 5.71. The lowest BCUT2D eigenvalue weighted by molar-refractivity contribution is -0.0242. The summed E-state index contributed by atoms with van der Waals surface area (Å²) < 4.78 is 0. The van der Waals surface area contributed by atoms with E-state index in [1.807, 2.05) is 0 Å². The maximum atomic E-state index is 10.6. The van der Waals surface area contributed by atoms with Crippen LogP contribution in [0.1, 0.15) is 64.2 Å². The molecular formula is C15H29NO. The summed E-state index contributed by atoms with van der Waals surface area (Å²) in [5.41, 5.74) is -0.298. The smallest absolute Gasteiger partial charge is 0.0650 e. The molecule has 0 aromatic heterocycles. The predicted molar refractivity (Wildman–Crippen MR) is 72.1 cm³/mol. The second-order valence-electron chi connectivity index (χ2n) is 6.63. The van der Waals surface area contributed by atoms with E-state index in [-0.39, 0.29) is 5.60 Å². The summed E-state index contributed by atoms with van der Waals surface area (Å²) >= 11 is 0. The molecule has 0 amide bonds. The maximum Gasteiger partial charge on any atom is 0.0650 e. The first-order chi connectivity index (χ1) is 8.09. The molecule has 2 aliphatic rings. The highest BCUT2D eigenvalue weighted by Gasteiger charge is 2.33. The minimum absolute atomic E-state index is 0.298. The lowest BCUT2D eigenvalue weighted by Crippen LogP contribution is -2.37. The first-order valence-electron chi connectivity index (χ1n) is 7.48. The van der Waals surface area contributed by atoms with Crippen molar-refractivity contribution in [2.45, 2.75) is 75.9 Å². The zero-order valence-corrected chi connectivity index (χ0v) is 11.6. The molecule has 17 heavy (non-hydrogen) atoms. The Morgan fingerprint density at radius 1 is 1.00 bits per heavy atom. The SMILES string of the molecule is CN(C)C1CCC(CC2(O)CCCCC2)CC1. The molecule has 2 heteroatoms. The molecule has 0 atom stereocenters. The van der Waals surface area contributed by atoms with Gasteiger partial charge in [0.2, 0.25) is 0 Å². The van der Waals surface area contributed by atoms with E-state index in [1.54, 1.807) is 0 Å². The van der Waals surface area contributed by atoms with Gasteiger partial charge in [0.15, 0.2) is 0 Å². The van der Waals surface area contributed by atoms with Crippen LogP contribution in [-0.2, 0) is 0 Å². The van der Waals surface area contributed by atoms with Crippen molar-refractivity contribution in [1.29, 1.82) is 0 Å². The standard InChI is InChI=1S/C15H29NO/c1-16(2)14-8-6-13(7-9-14)12-15(17)10-4-3-5-11-15/h13-14,17H,3-12H2,1-2H3. The first-order valence-corrected chi connectivity index (χ1v) is 7.48. The van der Waals surface area contributed by atoms with Crippen molar-refractivity contribution < 1.29 is 5.11 Å². The van der Waals surface area contributed by atoms with Crippen molar-refractivity contribution in [2.75, 3.05) is 14.1 Å². The van der Waals surface area contributed by atoms with E-state index in [0.29, 0.717) is 0 Å². The molecule has 0 aromatic rings. The van der Waals surface area contributed by atoms with Crippen LogP contribution in [0.3, 0.4) is 0 Å². The van der Waals surface area contributed by atoms with Gasteiger partial charge in [-0.1, -0.05) is 19.3 Å². The molecule has 0 heterocycles. The number of nitrogens with zero attached hydrogens (tertiary/aromatic N) is 1. The van der Waals surface area contributed by atoms with Gasteiger partial charge in [0, 0.05) is 6.04 Å². The average molecular weight is 239 g/mol. The molecule has 1 N–H and O–H groups in total. The number of rotatable bonds is 3. The van der Waals surface area contributed by atoms with Crippen LogP contribution in [0.5, 0.6) is 0 Å². The zero-order chi connectivity index (χ0) is 12.3. The Morgan fingerprint density at radius 2 is 1.59 bits per heavy atom. The Morgan fingerprint density at radius 3 is 2.12 bits per heavy atom. The molecular weight excluding hydrogens is 210 g/mol. The van der Waals surface area contributed by atoms with Gasteiger partial charge >= 0.3 is 0 Å². The van der Waals surface area contributed by atoms with Gasteiger partial charge in [0.1, 0.15) is 0 Å². The molecule has 2 fully saturated rings. The third-order valence-corrected chi connectivity index (χ3v) is 5.00. The largest absolute Gasteiger partial charge is 0.390 e. The zero-order valence-electron chi connectivity index (χ0n) is 11.6. The minimum atomic E-state index is -0.298. The number of hydrogen-bond acceptors (Lipinski definition) is 2. The molecule has 0 aromatic carbocycles. The topological polar surface area (TPSA) is 23.5 Å². The molecule has 0 radical (unpaired) electrons. The Balaban J connectivity index is 1.77. The molecule has 2 saturated carbocycles. The molecule has 0 unspecified atom stereocenters. The Kier molecular flexibility index (Phi) is 4.48. The van der Waals surface area contributed by atoms with E-state index in [4.69, 9.17) is 0 Å². The van der Waals surface area contributed by atoms with E-state index >= 15 is 0 Å². The molecule has 0 spiro atoms. The van der Waals surface area contributed by atoms with E-state index < -0.39 is 0 Å². The van der Waals surface area contributed by atoms with Crippen molar-refractivity contribution in [1.82, 2.24) is 4.90 Å². The molecule has 100 valence electrons. The highest BCUT2D eigenvalue weighted by Crippen LogP contribution is 2.38. The number of aliphatic hydroxyl groups is 1. The third kappa shape index (κ3) is 3.69. The minimum Gasteiger partial charge on any atom is -0.390 e. The molecule has 0 saturated heterocycles. The monoisotopic (exact) mass is 239 g/mol. The normalized spacial score (nSPS) is 33.9. The van der Waals surface area contributed by atoms with Crippen LogP contribution >= 0.6 is 0 Å². The van der Waals surface area contributed by atoms with Crippen LogP contribution in [-0.4, -0.2) is 35.7 Å². The molecule has 2 aliphatic carbocycles.